The van der Waals surface area contributed by atoms with Crippen molar-refractivity contribution in [2.45, 2.75) is 58.3 Å². The van der Waals surface area contributed by atoms with Crippen LogP contribution in [0.3, 0.4) is 0 Å². The number of ether oxygens (including phenoxy) is 1. The summed E-state index contributed by atoms with van der Waals surface area (Å²) in [6.45, 7) is 6.30. The number of likely N-dealkylation sites (tertiary alicyclic amines) is 1. The van der Waals surface area contributed by atoms with E-state index >= 15 is 0 Å². The Morgan fingerprint density at radius 3 is 2.76 bits per heavy atom. The lowest BCUT2D eigenvalue weighted by molar-refractivity contribution is -0.128. The molecule has 0 radical (unpaired) electrons. The molecule has 0 aliphatic carbocycles. The number of methoxy groups -OCH3 is 1. The van der Waals surface area contributed by atoms with Crippen LogP contribution in [0.4, 0.5) is 4.39 Å². The van der Waals surface area contributed by atoms with Gasteiger partial charge in [-0.1, -0.05) is 6.07 Å². The third-order valence-corrected chi connectivity index (χ3v) is 7.41. The fourth-order valence-corrected chi connectivity index (χ4v) is 5.44. The molecule has 1 saturated heterocycles. The number of benzene rings is 2. The first-order chi connectivity index (χ1) is 19.7. The molecule has 1 aliphatic rings. The number of aromatic amines is 1. The molecule has 3 heterocycles. The van der Waals surface area contributed by atoms with Crippen LogP contribution < -0.4 is 15.4 Å². The normalized spacial score (nSPS) is 17.5. The minimum atomic E-state index is -0.455. The fraction of sp³-hybridized carbons (Fsp3) is 0.355. The molecule has 2 aromatic heterocycles. The highest BCUT2D eigenvalue weighted by molar-refractivity contribution is 6.01. The first-order valence-corrected chi connectivity index (χ1v) is 13.8. The van der Waals surface area contributed by atoms with Gasteiger partial charge < -0.3 is 15.4 Å². The number of carbonyl (C=O) groups is 2. The van der Waals surface area contributed by atoms with E-state index in [0.29, 0.717) is 36.3 Å². The quantitative estimate of drug-likeness (QED) is 0.296. The Morgan fingerprint density at radius 2 is 2.00 bits per heavy atom. The standard InChI is InChI=1S/C31H35FN6O3/c1-18(2)34-31(40)27-11-9-22(16-38(27)17-24-25(32)6-5-7-28(24)41-4)35-30(39)21-8-10-26-23(15-21)29(37-36-26)20-12-13-33-19(3)14-20/h5-8,10,12-15,18,22,27H,9,11,16-17H2,1-4H3,(H,34,40)(H,35,39)(H,36,37)/t22-,27+/m1/s1. The van der Waals surface area contributed by atoms with Gasteiger partial charge in [-0.3, -0.25) is 24.6 Å². The van der Waals surface area contributed by atoms with Crippen molar-refractivity contribution in [3.8, 4) is 17.0 Å². The van der Waals surface area contributed by atoms with Gasteiger partial charge in [-0.15, -0.1) is 0 Å². The van der Waals surface area contributed by atoms with Gasteiger partial charge in [0.05, 0.1) is 18.7 Å². The van der Waals surface area contributed by atoms with Crippen LogP contribution in [-0.4, -0.2) is 63.7 Å². The van der Waals surface area contributed by atoms with E-state index in [1.54, 1.807) is 24.4 Å². The van der Waals surface area contributed by atoms with Crippen molar-refractivity contribution in [3.05, 3.63) is 77.4 Å². The molecule has 3 N–H and O–H groups in total. The van der Waals surface area contributed by atoms with Crippen LogP contribution in [0.25, 0.3) is 22.2 Å². The first kappa shape index (κ1) is 28.2. The van der Waals surface area contributed by atoms with Crippen LogP contribution in [0.1, 0.15) is 48.3 Å². The van der Waals surface area contributed by atoms with Gasteiger partial charge in [-0.25, -0.2) is 4.39 Å². The molecular weight excluding hydrogens is 523 g/mol. The summed E-state index contributed by atoms with van der Waals surface area (Å²) >= 11 is 0. The summed E-state index contributed by atoms with van der Waals surface area (Å²) < 4.78 is 20.3. The highest BCUT2D eigenvalue weighted by Crippen LogP contribution is 2.29. The van der Waals surface area contributed by atoms with Crippen LogP contribution >= 0.6 is 0 Å². The summed E-state index contributed by atoms with van der Waals surface area (Å²) in [5, 5.41) is 14.5. The van der Waals surface area contributed by atoms with E-state index in [9.17, 15) is 14.0 Å². The molecule has 9 nitrogen and oxygen atoms in total. The van der Waals surface area contributed by atoms with Gasteiger partial charge in [0.25, 0.3) is 5.91 Å². The molecule has 0 spiro atoms. The molecule has 0 saturated carbocycles. The number of rotatable bonds is 8. The lowest BCUT2D eigenvalue weighted by Gasteiger charge is -2.39. The number of piperidine rings is 1. The van der Waals surface area contributed by atoms with E-state index in [4.69, 9.17) is 4.74 Å². The largest absolute Gasteiger partial charge is 0.496 e. The van der Waals surface area contributed by atoms with Gasteiger partial charge in [-0.2, -0.15) is 5.10 Å². The zero-order chi connectivity index (χ0) is 29.1. The van der Waals surface area contributed by atoms with Crippen LogP contribution in [-0.2, 0) is 11.3 Å². The van der Waals surface area contributed by atoms with Gasteiger partial charge in [-0.05, 0) is 76.1 Å². The van der Waals surface area contributed by atoms with Crippen LogP contribution in [0.15, 0.2) is 54.7 Å². The number of hydrogen-bond acceptors (Lipinski definition) is 6. The molecule has 41 heavy (non-hydrogen) atoms. The molecule has 2 aromatic carbocycles. The van der Waals surface area contributed by atoms with Crippen LogP contribution in [0.2, 0.25) is 0 Å². The maximum Gasteiger partial charge on any atom is 0.251 e. The number of aryl methyl sites for hydroxylation is 1. The SMILES string of the molecule is COc1cccc(F)c1CN1C[C@H](NC(=O)c2ccc3[nH]nc(-c4ccnc(C)c4)c3c2)CC[C@H]1C(=O)NC(C)C. The highest BCUT2D eigenvalue weighted by Gasteiger charge is 2.35. The fourth-order valence-electron chi connectivity index (χ4n) is 5.44. The number of fused-ring (bicyclic) bond motifs is 1. The Morgan fingerprint density at radius 1 is 1.17 bits per heavy atom. The summed E-state index contributed by atoms with van der Waals surface area (Å²) in [5.41, 5.74) is 4.26. The maximum absolute atomic E-state index is 14.8. The number of amides is 2. The average Bonchev–Trinajstić information content (AvgIpc) is 3.37. The summed E-state index contributed by atoms with van der Waals surface area (Å²) in [4.78, 5) is 32.7. The van der Waals surface area contributed by atoms with Crippen LogP contribution in [0, 0.1) is 12.7 Å². The number of halogens is 1. The number of H-pyrrole nitrogens is 1. The summed E-state index contributed by atoms with van der Waals surface area (Å²) in [6.07, 6.45) is 2.87. The van der Waals surface area contributed by atoms with Crippen molar-refractivity contribution in [2.75, 3.05) is 13.7 Å². The summed E-state index contributed by atoms with van der Waals surface area (Å²) in [6, 6.07) is 13.3. The number of aromatic nitrogens is 3. The molecule has 1 aliphatic heterocycles. The Hall–Kier alpha value is -4.31. The molecule has 2 amide bonds. The predicted octanol–water partition coefficient (Wildman–Crippen LogP) is 4.37. The number of carbonyl (C=O) groups excluding carboxylic acids is 2. The van der Waals surface area contributed by atoms with Gasteiger partial charge in [0.1, 0.15) is 17.3 Å². The molecule has 1 fully saturated rings. The third kappa shape index (κ3) is 6.22. The van der Waals surface area contributed by atoms with Crippen LogP contribution in [0.5, 0.6) is 5.75 Å². The minimum Gasteiger partial charge on any atom is -0.496 e. The number of hydrogen-bond donors (Lipinski definition) is 3. The van der Waals surface area contributed by atoms with Gasteiger partial charge in [0.15, 0.2) is 0 Å². The third-order valence-electron chi connectivity index (χ3n) is 7.41. The molecule has 4 aromatic rings. The zero-order valence-electron chi connectivity index (χ0n) is 23.7. The van der Waals surface area contributed by atoms with Gasteiger partial charge in [0.2, 0.25) is 5.91 Å². The molecular formula is C31H35FN6O3. The predicted molar refractivity (Wildman–Crippen MR) is 155 cm³/mol. The zero-order valence-corrected chi connectivity index (χ0v) is 23.7. The second-order valence-electron chi connectivity index (χ2n) is 10.8. The average molecular weight is 559 g/mol. The molecule has 10 heteroatoms. The van der Waals surface area contributed by atoms with E-state index in [1.807, 2.05) is 49.9 Å². The Bertz CT molecular complexity index is 1570. The smallest absolute Gasteiger partial charge is 0.251 e. The topological polar surface area (TPSA) is 112 Å². The van der Waals surface area contributed by atoms with E-state index in [0.717, 1.165) is 27.9 Å². The Labute approximate surface area is 238 Å². The van der Waals surface area contributed by atoms with E-state index in [1.165, 1.54) is 13.2 Å². The Kier molecular flexibility index (Phi) is 8.30. The molecule has 2 atom stereocenters. The lowest BCUT2D eigenvalue weighted by atomic mass is 9.95. The van der Waals surface area contributed by atoms with E-state index in [-0.39, 0.29) is 30.4 Å². The monoisotopic (exact) mass is 558 g/mol. The Balaban J connectivity index is 1.36. The summed E-state index contributed by atoms with van der Waals surface area (Å²) in [5.74, 6) is -0.298. The van der Waals surface area contributed by atoms with E-state index in [2.05, 4.69) is 25.8 Å². The maximum atomic E-state index is 14.8. The second-order valence-corrected chi connectivity index (χ2v) is 10.8. The molecule has 214 valence electrons. The van der Waals surface area contributed by atoms with Crippen molar-refractivity contribution >= 4 is 22.7 Å². The second kappa shape index (κ2) is 12.1. The van der Waals surface area contributed by atoms with Crippen molar-refractivity contribution in [3.63, 3.8) is 0 Å². The number of pyridine rings is 1. The number of nitrogens with one attached hydrogen (secondary N) is 3. The minimum absolute atomic E-state index is 0.0245. The molecule has 0 bridgehead atoms. The van der Waals surface area contributed by atoms with Crippen molar-refractivity contribution < 1.29 is 18.7 Å². The first-order valence-electron chi connectivity index (χ1n) is 13.8. The lowest BCUT2D eigenvalue weighted by Crippen LogP contribution is -2.56. The number of nitrogens with zero attached hydrogens (tertiary/aromatic N) is 3. The summed E-state index contributed by atoms with van der Waals surface area (Å²) in [7, 11) is 1.50. The van der Waals surface area contributed by atoms with Crippen molar-refractivity contribution in [1.29, 1.82) is 0 Å². The van der Waals surface area contributed by atoms with Crippen molar-refractivity contribution in [1.82, 2.24) is 30.7 Å². The molecule has 0 unspecified atom stereocenters. The van der Waals surface area contributed by atoms with Gasteiger partial charge >= 0.3 is 0 Å². The highest BCUT2D eigenvalue weighted by atomic mass is 19.1. The van der Waals surface area contributed by atoms with Gasteiger partial charge in [0, 0.05) is 59.1 Å². The van der Waals surface area contributed by atoms with E-state index < -0.39 is 11.9 Å². The van der Waals surface area contributed by atoms with Crippen molar-refractivity contribution in [2.24, 2.45) is 0 Å². The molecule has 5 rings (SSSR count).